The number of nitrogens with two attached hydrogens (primary N) is 1. The van der Waals surface area contributed by atoms with Gasteiger partial charge in [-0.2, -0.15) is 0 Å². The topological polar surface area (TPSA) is 80.0 Å². The Morgan fingerprint density at radius 2 is 2.12 bits per heavy atom. The highest BCUT2D eigenvalue weighted by Gasteiger charge is 2.21. The number of amides is 1. The van der Waals surface area contributed by atoms with Crippen LogP contribution >= 0.6 is 22.7 Å². The summed E-state index contributed by atoms with van der Waals surface area (Å²) in [4.78, 5) is 19.8. The van der Waals surface area contributed by atoms with Gasteiger partial charge in [0.15, 0.2) is 0 Å². The number of hydrogen-bond acceptors (Lipinski definition) is 6. The number of pyridine rings is 1. The van der Waals surface area contributed by atoms with E-state index >= 15 is 0 Å². The van der Waals surface area contributed by atoms with Gasteiger partial charge in [-0.3, -0.25) is 4.79 Å². The monoisotopic (exact) mass is 358 g/mol. The van der Waals surface area contributed by atoms with Crippen molar-refractivity contribution in [2.75, 3.05) is 18.8 Å². The molecule has 0 bridgehead atoms. The van der Waals surface area contributed by atoms with Gasteiger partial charge < -0.3 is 16.4 Å². The average Bonchev–Trinajstić information content (AvgIpc) is 3.24. The van der Waals surface area contributed by atoms with Crippen molar-refractivity contribution < 1.29 is 4.79 Å². The van der Waals surface area contributed by atoms with Crippen molar-refractivity contribution >= 4 is 44.5 Å². The van der Waals surface area contributed by atoms with Gasteiger partial charge in [-0.1, -0.05) is 6.07 Å². The molecule has 1 aliphatic heterocycles. The minimum Gasteiger partial charge on any atom is -0.397 e. The molecule has 0 atom stereocenters. The number of nitrogens with one attached hydrogen (secondary N) is 2. The third-order valence-electron chi connectivity index (χ3n) is 4.25. The summed E-state index contributed by atoms with van der Waals surface area (Å²) < 4.78 is 0. The quantitative estimate of drug-likeness (QED) is 0.672. The molecule has 124 valence electrons. The first-order valence-electron chi connectivity index (χ1n) is 7.97. The third kappa shape index (κ3) is 2.90. The molecule has 24 heavy (non-hydrogen) atoms. The average molecular weight is 358 g/mol. The Labute approximate surface area is 147 Å². The highest BCUT2D eigenvalue weighted by Crippen LogP contribution is 2.35. The minimum absolute atomic E-state index is 0.0833. The molecule has 0 spiro atoms. The maximum atomic E-state index is 12.6. The Morgan fingerprint density at radius 1 is 1.29 bits per heavy atom. The van der Waals surface area contributed by atoms with Gasteiger partial charge in [0.05, 0.1) is 16.3 Å². The van der Waals surface area contributed by atoms with Crippen LogP contribution in [0.2, 0.25) is 0 Å². The second-order valence-corrected chi connectivity index (χ2v) is 7.82. The van der Waals surface area contributed by atoms with Crippen molar-refractivity contribution in [1.29, 1.82) is 0 Å². The van der Waals surface area contributed by atoms with Crippen molar-refractivity contribution in [3.63, 3.8) is 0 Å². The van der Waals surface area contributed by atoms with Gasteiger partial charge >= 0.3 is 0 Å². The van der Waals surface area contributed by atoms with Crippen LogP contribution in [0, 0.1) is 0 Å². The molecule has 1 amide bonds. The molecule has 7 heteroatoms. The van der Waals surface area contributed by atoms with Crippen LogP contribution in [0.15, 0.2) is 29.6 Å². The van der Waals surface area contributed by atoms with Gasteiger partial charge in [-0.15, -0.1) is 22.7 Å². The Kier molecular flexibility index (Phi) is 4.22. The molecule has 1 aliphatic rings. The van der Waals surface area contributed by atoms with Crippen LogP contribution in [-0.2, 0) is 0 Å². The van der Waals surface area contributed by atoms with Crippen LogP contribution in [0.5, 0.6) is 0 Å². The molecule has 3 aromatic rings. The maximum absolute atomic E-state index is 12.6. The maximum Gasteiger partial charge on any atom is 0.263 e. The number of rotatable bonds is 3. The summed E-state index contributed by atoms with van der Waals surface area (Å²) in [6, 6.07) is 8.20. The van der Waals surface area contributed by atoms with Gasteiger partial charge in [0.25, 0.3) is 5.91 Å². The fraction of sp³-hybridized carbons (Fsp3) is 0.294. The normalized spacial score (nSPS) is 15.7. The van der Waals surface area contributed by atoms with Gasteiger partial charge in [-0.25, -0.2) is 4.98 Å². The Morgan fingerprint density at radius 3 is 2.88 bits per heavy atom. The minimum atomic E-state index is -0.0833. The second kappa shape index (κ2) is 6.51. The van der Waals surface area contributed by atoms with Crippen LogP contribution in [-0.4, -0.2) is 30.0 Å². The Hall–Kier alpha value is -1.96. The number of carbonyl (C=O) groups excluding carboxylic acids is 1. The molecule has 5 nitrogen and oxygen atoms in total. The Balaban J connectivity index is 1.63. The van der Waals surface area contributed by atoms with E-state index in [0.29, 0.717) is 10.6 Å². The van der Waals surface area contributed by atoms with E-state index in [2.05, 4.69) is 15.6 Å². The van der Waals surface area contributed by atoms with E-state index in [-0.39, 0.29) is 11.9 Å². The van der Waals surface area contributed by atoms with E-state index in [1.165, 1.54) is 11.3 Å². The summed E-state index contributed by atoms with van der Waals surface area (Å²) >= 11 is 3.02. The van der Waals surface area contributed by atoms with Crippen molar-refractivity contribution in [3.05, 3.63) is 34.5 Å². The largest absolute Gasteiger partial charge is 0.397 e. The van der Waals surface area contributed by atoms with Gasteiger partial charge in [0, 0.05) is 11.4 Å². The lowest BCUT2D eigenvalue weighted by molar-refractivity contribution is 0.0934. The van der Waals surface area contributed by atoms with Gasteiger partial charge in [0.1, 0.15) is 9.71 Å². The van der Waals surface area contributed by atoms with E-state index in [4.69, 9.17) is 5.73 Å². The SMILES string of the molecule is Nc1c(C(=O)NC2CCNCC2)sc2nc(-c3cccs3)ccc12. The lowest BCUT2D eigenvalue weighted by atomic mass is 10.1. The molecular weight excluding hydrogens is 340 g/mol. The summed E-state index contributed by atoms with van der Waals surface area (Å²) in [5.74, 6) is -0.0833. The summed E-state index contributed by atoms with van der Waals surface area (Å²) in [7, 11) is 0. The predicted octanol–water partition coefficient (Wildman–Crippen LogP) is 3.09. The van der Waals surface area contributed by atoms with E-state index in [1.54, 1.807) is 11.3 Å². The van der Waals surface area contributed by atoms with E-state index in [0.717, 1.165) is 46.7 Å². The molecule has 0 saturated carbocycles. The lowest BCUT2D eigenvalue weighted by Gasteiger charge is -2.23. The summed E-state index contributed by atoms with van der Waals surface area (Å²) in [6.45, 7) is 1.89. The summed E-state index contributed by atoms with van der Waals surface area (Å²) in [6.07, 6.45) is 1.91. The molecule has 0 radical (unpaired) electrons. The molecule has 1 fully saturated rings. The standard InChI is InChI=1S/C17H18N4OS2/c18-14-11-3-4-12(13-2-1-9-23-13)21-17(11)24-15(14)16(22)20-10-5-7-19-8-6-10/h1-4,9-10,19H,5-8,18H2,(H,20,22). The number of thiophene rings is 2. The predicted molar refractivity (Wildman–Crippen MR) is 101 cm³/mol. The number of hydrogen-bond donors (Lipinski definition) is 3. The van der Waals surface area contributed by atoms with Gasteiger partial charge in [0.2, 0.25) is 0 Å². The molecule has 0 unspecified atom stereocenters. The van der Waals surface area contributed by atoms with Crippen molar-refractivity contribution in [2.45, 2.75) is 18.9 Å². The van der Waals surface area contributed by atoms with Crippen LogP contribution in [0.3, 0.4) is 0 Å². The van der Waals surface area contributed by atoms with Crippen LogP contribution < -0.4 is 16.4 Å². The summed E-state index contributed by atoms with van der Waals surface area (Å²) in [5, 5.41) is 9.29. The number of nitrogen functional groups attached to an aromatic ring is 1. The molecule has 0 aliphatic carbocycles. The molecule has 0 aromatic carbocycles. The molecule has 4 heterocycles. The fourth-order valence-corrected chi connectivity index (χ4v) is 4.64. The smallest absolute Gasteiger partial charge is 0.263 e. The zero-order valence-corrected chi connectivity index (χ0v) is 14.7. The Bertz CT molecular complexity index is 866. The lowest BCUT2D eigenvalue weighted by Crippen LogP contribution is -2.42. The van der Waals surface area contributed by atoms with Crippen LogP contribution in [0.25, 0.3) is 20.8 Å². The van der Waals surface area contributed by atoms with Gasteiger partial charge in [-0.05, 0) is 49.5 Å². The number of piperidine rings is 1. The third-order valence-corrected chi connectivity index (χ3v) is 6.25. The zero-order valence-electron chi connectivity index (χ0n) is 13.0. The molecule has 4 N–H and O–H groups in total. The molecule has 3 aromatic heterocycles. The van der Waals surface area contributed by atoms with E-state index in [1.807, 2.05) is 29.6 Å². The van der Waals surface area contributed by atoms with Crippen molar-refractivity contribution in [2.24, 2.45) is 0 Å². The number of carbonyl (C=O) groups is 1. The first-order valence-corrected chi connectivity index (χ1v) is 9.66. The van der Waals surface area contributed by atoms with E-state index < -0.39 is 0 Å². The van der Waals surface area contributed by atoms with Crippen LogP contribution in [0.4, 0.5) is 5.69 Å². The van der Waals surface area contributed by atoms with Crippen molar-refractivity contribution in [1.82, 2.24) is 15.6 Å². The van der Waals surface area contributed by atoms with E-state index in [9.17, 15) is 4.79 Å². The van der Waals surface area contributed by atoms with Crippen molar-refractivity contribution in [3.8, 4) is 10.6 Å². The molecule has 4 rings (SSSR count). The highest BCUT2D eigenvalue weighted by molar-refractivity contribution is 7.21. The number of fused-ring (bicyclic) bond motifs is 1. The number of nitrogens with zero attached hydrogens (tertiary/aromatic N) is 1. The highest BCUT2D eigenvalue weighted by atomic mass is 32.1. The molecule has 1 saturated heterocycles. The zero-order chi connectivity index (χ0) is 16.5. The number of aromatic nitrogens is 1. The number of anilines is 1. The second-order valence-electron chi connectivity index (χ2n) is 5.87. The summed E-state index contributed by atoms with van der Waals surface area (Å²) in [5.41, 5.74) is 7.67. The fourth-order valence-electron chi connectivity index (χ4n) is 2.94. The first-order chi connectivity index (χ1) is 11.7. The molecular formula is C17H18N4OS2. The first kappa shape index (κ1) is 15.6. The van der Waals surface area contributed by atoms with Crippen LogP contribution in [0.1, 0.15) is 22.5 Å².